The first kappa shape index (κ1) is 11.2. The summed E-state index contributed by atoms with van der Waals surface area (Å²) in [5.41, 5.74) is 1.27. The Morgan fingerprint density at radius 1 is 1.50 bits per heavy atom. The summed E-state index contributed by atoms with van der Waals surface area (Å²) in [7, 11) is 0. The van der Waals surface area contributed by atoms with Gasteiger partial charge < -0.3 is 4.79 Å². The standard InChI is InChI=1S/C11H18O/c1-4-6-11(7-5-2)10(3)8-9-12/h4,6-7,9-10H,5,8H2,1-3H3/b6-4-,11-7+. The van der Waals surface area contributed by atoms with Crippen molar-refractivity contribution in [2.24, 2.45) is 5.92 Å². The van der Waals surface area contributed by atoms with Gasteiger partial charge in [-0.15, -0.1) is 0 Å². The summed E-state index contributed by atoms with van der Waals surface area (Å²) in [4.78, 5) is 10.3. The van der Waals surface area contributed by atoms with Gasteiger partial charge in [0.15, 0.2) is 0 Å². The molecule has 68 valence electrons. The Morgan fingerprint density at radius 3 is 2.58 bits per heavy atom. The minimum absolute atomic E-state index is 0.360. The van der Waals surface area contributed by atoms with Crippen LogP contribution in [0.1, 0.15) is 33.6 Å². The summed E-state index contributed by atoms with van der Waals surface area (Å²) in [5.74, 6) is 0.360. The van der Waals surface area contributed by atoms with Crippen LogP contribution in [-0.4, -0.2) is 6.29 Å². The van der Waals surface area contributed by atoms with Gasteiger partial charge in [-0.25, -0.2) is 0 Å². The van der Waals surface area contributed by atoms with E-state index in [4.69, 9.17) is 0 Å². The topological polar surface area (TPSA) is 17.1 Å². The number of allylic oxidation sites excluding steroid dienone is 4. The summed E-state index contributed by atoms with van der Waals surface area (Å²) in [5, 5.41) is 0. The monoisotopic (exact) mass is 166 g/mol. The molecule has 1 heteroatoms. The molecule has 1 nitrogen and oxygen atoms in total. The molecule has 0 spiro atoms. The van der Waals surface area contributed by atoms with E-state index >= 15 is 0 Å². The fourth-order valence-corrected chi connectivity index (χ4v) is 1.14. The fourth-order valence-electron chi connectivity index (χ4n) is 1.14. The van der Waals surface area contributed by atoms with Gasteiger partial charge in [0.2, 0.25) is 0 Å². The van der Waals surface area contributed by atoms with Crippen molar-refractivity contribution in [3.8, 4) is 0 Å². The van der Waals surface area contributed by atoms with Crippen LogP contribution >= 0.6 is 0 Å². The summed E-state index contributed by atoms with van der Waals surface area (Å²) < 4.78 is 0. The molecule has 0 bridgehead atoms. The first-order chi connectivity index (χ1) is 5.76. The summed E-state index contributed by atoms with van der Waals surface area (Å²) in [6, 6.07) is 0. The van der Waals surface area contributed by atoms with Gasteiger partial charge in [-0.3, -0.25) is 0 Å². The molecule has 0 amide bonds. The number of aldehydes is 1. The van der Waals surface area contributed by atoms with Crippen molar-refractivity contribution in [2.45, 2.75) is 33.6 Å². The van der Waals surface area contributed by atoms with Crippen molar-refractivity contribution >= 4 is 6.29 Å². The van der Waals surface area contributed by atoms with Crippen LogP contribution in [0, 0.1) is 5.92 Å². The Labute approximate surface area is 75.2 Å². The van der Waals surface area contributed by atoms with Gasteiger partial charge in [-0.05, 0) is 24.8 Å². The van der Waals surface area contributed by atoms with Crippen molar-refractivity contribution in [1.82, 2.24) is 0 Å². The summed E-state index contributed by atoms with van der Waals surface area (Å²) >= 11 is 0. The second-order valence-corrected chi connectivity index (χ2v) is 2.92. The van der Waals surface area contributed by atoms with Crippen molar-refractivity contribution in [3.63, 3.8) is 0 Å². The predicted octanol–water partition coefficient (Wildman–Crippen LogP) is 3.12. The Hall–Kier alpha value is -0.850. The quantitative estimate of drug-likeness (QED) is 0.453. The first-order valence-corrected chi connectivity index (χ1v) is 4.52. The minimum Gasteiger partial charge on any atom is -0.303 e. The molecule has 0 rings (SSSR count). The van der Waals surface area contributed by atoms with Crippen LogP contribution in [0.3, 0.4) is 0 Å². The maximum atomic E-state index is 10.3. The van der Waals surface area contributed by atoms with Crippen molar-refractivity contribution in [2.75, 3.05) is 0 Å². The number of hydrogen-bond donors (Lipinski definition) is 0. The Balaban J connectivity index is 4.28. The van der Waals surface area contributed by atoms with Gasteiger partial charge >= 0.3 is 0 Å². The summed E-state index contributed by atoms with van der Waals surface area (Å²) in [6.07, 6.45) is 8.91. The Morgan fingerprint density at radius 2 is 2.17 bits per heavy atom. The lowest BCUT2D eigenvalue weighted by molar-refractivity contribution is -0.108. The Bertz CT molecular complexity index is 177. The second-order valence-electron chi connectivity index (χ2n) is 2.92. The van der Waals surface area contributed by atoms with E-state index in [0.717, 1.165) is 12.7 Å². The average Bonchev–Trinajstić information content (AvgIpc) is 2.04. The molecule has 0 aromatic heterocycles. The van der Waals surface area contributed by atoms with E-state index in [1.807, 2.05) is 13.0 Å². The van der Waals surface area contributed by atoms with Crippen LogP contribution in [0.15, 0.2) is 23.8 Å². The molecule has 0 aromatic carbocycles. The van der Waals surface area contributed by atoms with Crippen LogP contribution in [0.5, 0.6) is 0 Å². The number of carbonyl (C=O) groups excluding carboxylic acids is 1. The van der Waals surface area contributed by atoms with E-state index in [-0.39, 0.29) is 0 Å². The maximum Gasteiger partial charge on any atom is 0.120 e. The van der Waals surface area contributed by atoms with E-state index in [1.165, 1.54) is 5.57 Å². The molecule has 0 heterocycles. The highest BCUT2D eigenvalue weighted by Crippen LogP contribution is 2.15. The van der Waals surface area contributed by atoms with E-state index < -0.39 is 0 Å². The lowest BCUT2D eigenvalue weighted by Gasteiger charge is -2.08. The van der Waals surface area contributed by atoms with E-state index in [1.54, 1.807) is 0 Å². The molecular weight excluding hydrogens is 148 g/mol. The zero-order valence-electron chi connectivity index (χ0n) is 8.21. The highest BCUT2D eigenvalue weighted by molar-refractivity contribution is 5.51. The molecule has 0 fully saturated rings. The zero-order valence-corrected chi connectivity index (χ0v) is 8.21. The normalized spacial score (nSPS) is 15.1. The molecule has 0 radical (unpaired) electrons. The smallest absolute Gasteiger partial charge is 0.120 e. The molecule has 0 aliphatic rings. The lowest BCUT2D eigenvalue weighted by Crippen LogP contribution is -1.97. The largest absolute Gasteiger partial charge is 0.303 e. The third-order valence-corrected chi connectivity index (χ3v) is 1.82. The SMILES string of the molecule is C/C=C\C(=C/CC)C(C)CC=O. The third kappa shape index (κ3) is 4.12. The molecule has 0 N–H and O–H groups in total. The van der Waals surface area contributed by atoms with Gasteiger partial charge in [0.25, 0.3) is 0 Å². The zero-order chi connectivity index (χ0) is 9.40. The lowest BCUT2D eigenvalue weighted by atomic mass is 9.97. The molecule has 0 aromatic rings. The van der Waals surface area contributed by atoms with Gasteiger partial charge in [-0.2, -0.15) is 0 Å². The molecule has 1 unspecified atom stereocenters. The Kier molecular flexibility index (Phi) is 6.35. The van der Waals surface area contributed by atoms with E-state index in [9.17, 15) is 4.79 Å². The fraction of sp³-hybridized carbons (Fsp3) is 0.545. The average molecular weight is 166 g/mol. The molecule has 0 saturated carbocycles. The van der Waals surface area contributed by atoms with Crippen molar-refractivity contribution in [3.05, 3.63) is 23.8 Å². The van der Waals surface area contributed by atoms with E-state index in [2.05, 4.69) is 26.0 Å². The molecule has 0 aliphatic carbocycles. The summed E-state index contributed by atoms with van der Waals surface area (Å²) in [6.45, 7) is 6.18. The molecule has 12 heavy (non-hydrogen) atoms. The van der Waals surface area contributed by atoms with Crippen LogP contribution < -0.4 is 0 Å². The minimum atomic E-state index is 0.360. The van der Waals surface area contributed by atoms with Crippen molar-refractivity contribution < 1.29 is 4.79 Å². The molecule has 0 saturated heterocycles. The van der Waals surface area contributed by atoms with Crippen molar-refractivity contribution in [1.29, 1.82) is 0 Å². The van der Waals surface area contributed by atoms with Crippen LogP contribution in [-0.2, 0) is 4.79 Å². The predicted molar refractivity (Wildman–Crippen MR) is 53.0 cm³/mol. The van der Waals surface area contributed by atoms with Gasteiger partial charge in [0.1, 0.15) is 6.29 Å². The van der Waals surface area contributed by atoms with Gasteiger partial charge in [0.05, 0.1) is 0 Å². The number of hydrogen-bond acceptors (Lipinski definition) is 1. The molecule has 0 aliphatic heterocycles. The van der Waals surface area contributed by atoms with Crippen LogP contribution in [0.25, 0.3) is 0 Å². The molecule has 1 atom stereocenters. The van der Waals surface area contributed by atoms with Crippen LogP contribution in [0.2, 0.25) is 0 Å². The molecular formula is C11H18O. The maximum absolute atomic E-state index is 10.3. The highest BCUT2D eigenvalue weighted by Gasteiger charge is 2.03. The number of carbonyl (C=O) groups is 1. The number of rotatable bonds is 5. The van der Waals surface area contributed by atoms with E-state index in [0.29, 0.717) is 12.3 Å². The van der Waals surface area contributed by atoms with Gasteiger partial charge in [-0.1, -0.05) is 32.1 Å². The third-order valence-electron chi connectivity index (χ3n) is 1.82. The van der Waals surface area contributed by atoms with Crippen LogP contribution in [0.4, 0.5) is 0 Å². The highest BCUT2D eigenvalue weighted by atomic mass is 16.1. The first-order valence-electron chi connectivity index (χ1n) is 4.52. The second kappa shape index (κ2) is 6.84. The van der Waals surface area contributed by atoms with Gasteiger partial charge in [0, 0.05) is 6.42 Å².